The van der Waals surface area contributed by atoms with Crippen LogP contribution < -0.4 is 10.6 Å². The predicted molar refractivity (Wildman–Crippen MR) is 54.1 cm³/mol. The molecule has 0 fully saturated rings. The molecule has 0 aliphatic rings. The lowest BCUT2D eigenvalue weighted by Crippen LogP contribution is -2.34. The average Bonchev–Trinajstić information content (AvgIpc) is 2.42. The molecule has 0 saturated carbocycles. The third-order valence-electron chi connectivity index (χ3n) is 1.92. The molecule has 0 saturated heterocycles. The lowest BCUT2D eigenvalue weighted by molar-refractivity contribution is 0.241. The predicted octanol–water partition coefficient (Wildman–Crippen LogP) is 1.72. The fourth-order valence-electron chi connectivity index (χ4n) is 1.26. The van der Waals surface area contributed by atoms with Gasteiger partial charge < -0.3 is 15.1 Å². The van der Waals surface area contributed by atoms with Crippen LogP contribution in [0.2, 0.25) is 0 Å². The summed E-state index contributed by atoms with van der Waals surface area (Å²) in [6, 6.07) is 1.78. The highest BCUT2D eigenvalue weighted by Gasteiger charge is 2.05. The van der Waals surface area contributed by atoms with Gasteiger partial charge in [0.15, 0.2) is 0 Å². The number of amides is 2. The lowest BCUT2D eigenvalue weighted by Gasteiger charge is -2.04. The van der Waals surface area contributed by atoms with Crippen LogP contribution >= 0.6 is 0 Å². The summed E-state index contributed by atoms with van der Waals surface area (Å²) in [5, 5.41) is 5.41. The van der Waals surface area contributed by atoms with E-state index in [1.807, 2.05) is 26.8 Å². The Hall–Kier alpha value is -1.45. The molecule has 1 aromatic heterocycles. The third-order valence-corrected chi connectivity index (χ3v) is 1.92. The van der Waals surface area contributed by atoms with Crippen molar-refractivity contribution in [1.82, 2.24) is 10.6 Å². The van der Waals surface area contributed by atoms with Crippen molar-refractivity contribution in [2.24, 2.45) is 0 Å². The summed E-state index contributed by atoms with van der Waals surface area (Å²) in [6.07, 6.45) is 0. The molecule has 78 valence electrons. The van der Waals surface area contributed by atoms with Crippen molar-refractivity contribution in [3.63, 3.8) is 0 Å². The van der Waals surface area contributed by atoms with Crippen LogP contribution in [0.3, 0.4) is 0 Å². The van der Waals surface area contributed by atoms with E-state index in [4.69, 9.17) is 4.42 Å². The second kappa shape index (κ2) is 4.69. The van der Waals surface area contributed by atoms with E-state index in [9.17, 15) is 4.79 Å². The van der Waals surface area contributed by atoms with Crippen LogP contribution in [0.1, 0.15) is 24.0 Å². The molecule has 4 nitrogen and oxygen atoms in total. The number of urea groups is 1. The van der Waals surface area contributed by atoms with Crippen molar-refractivity contribution in [3.8, 4) is 0 Å². The Balaban J connectivity index is 2.45. The molecule has 0 radical (unpaired) electrons. The number of nitrogens with one attached hydrogen (secondary N) is 2. The van der Waals surface area contributed by atoms with Gasteiger partial charge in [-0.3, -0.25) is 0 Å². The Morgan fingerprint density at radius 1 is 1.43 bits per heavy atom. The Morgan fingerprint density at radius 3 is 2.64 bits per heavy atom. The van der Waals surface area contributed by atoms with Gasteiger partial charge in [-0.15, -0.1) is 0 Å². The van der Waals surface area contributed by atoms with Crippen molar-refractivity contribution in [3.05, 3.63) is 23.2 Å². The second-order valence-electron chi connectivity index (χ2n) is 3.15. The first-order valence-electron chi connectivity index (χ1n) is 4.71. The molecule has 0 unspecified atom stereocenters. The maximum atomic E-state index is 11.1. The average molecular weight is 196 g/mol. The molecular weight excluding hydrogens is 180 g/mol. The van der Waals surface area contributed by atoms with Crippen LogP contribution in [0.4, 0.5) is 4.79 Å². The Labute approximate surface area is 83.7 Å². The smallest absolute Gasteiger partial charge is 0.315 e. The van der Waals surface area contributed by atoms with Crippen LogP contribution in [-0.4, -0.2) is 12.6 Å². The van der Waals surface area contributed by atoms with Gasteiger partial charge in [0.2, 0.25) is 0 Å². The van der Waals surface area contributed by atoms with Crippen molar-refractivity contribution in [1.29, 1.82) is 0 Å². The highest BCUT2D eigenvalue weighted by Crippen LogP contribution is 2.12. The summed E-state index contributed by atoms with van der Waals surface area (Å²) < 4.78 is 5.34. The maximum absolute atomic E-state index is 11.1. The minimum absolute atomic E-state index is 0.147. The van der Waals surface area contributed by atoms with Gasteiger partial charge in [0.25, 0.3) is 0 Å². The van der Waals surface area contributed by atoms with E-state index >= 15 is 0 Å². The molecule has 1 rings (SSSR count). The molecule has 0 bridgehead atoms. The zero-order valence-corrected chi connectivity index (χ0v) is 8.81. The minimum atomic E-state index is -0.147. The molecule has 1 aromatic rings. The van der Waals surface area contributed by atoms with E-state index in [2.05, 4.69) is 10.6 Å². The Kier molecular flexibility index (Phi) is 3.56. The van der Waals surface area contributed by atoms with Crippen LogP contribution in [-0.2, 0) is 6.54 Å². The number of aryl methyl sites for hydroxylation is 2. The minimum Gasteiger partial charge on any atom is -0.466 e. The van der Waals surface area contributed by atoms with E-state index in [-0.39, 0.29) is 6.03 Å². The first-order chi connectivity index (χ1) is 6.63. The van der Waals surface area contributed by atoms with Crippen LogP contribution in [0, 0.1) is 13.8 Å². The second-order valence-corrected chi connectivity index (χ2v) is 3.15. The fourth-order valence-corrected chi connectivity index (χ4v) is 1.26. The zero-order chi connectivity index (χ0) is 10.6. The number of carbonyl (C=O) groups is 1. The third kappa shape index (κ3) is 2.80. The van der Waals surface area contributed by atoms with Gasteiger partial charge in [0.05, 0.1) is 0 Å². The molecule has 0 aliphatic heterocycles. The van der Waals surface area contributed by atoms with E-state index in [1.54, 1.807) is 0 Å². The van der Waals surface area contributed by atoms with Crippen LogP contribution in [0.15, 0.2) is 10.5 Å². The van der Waals surface area contributed by atoms with E-state index in [0.29, 0.717) is 13.1 Å². The number of rotatable bonds is 3. The van der Waals surface area contributed by atoms with E-state index in [0.717, 1.165) is 17.1 Å². The summed E-state index contributed by atoms with van der Waals surface area (Å²) in [6.45, 7) is 6.81. The van der Waals surface area contributed by atoms with Crippen molar-refractivity contribution in [2.75, 3.05) is 6.54 Å². The zero-order valence-electron chi connectivity index (χ0n) is 8.81. The largest absolute Gasteiger partial charge is 0.466 e. The Morgan fingerprint density at radius 2 is 2.14 bits per heavy atom. The SMILES string of the molecule is CCNC(=O)NCc1cc(C)oc1C. The topological polar surface area (TPSA) is 54.3 Å². The standard InChI is InChI=1S/C10H16N2O2/c1-4-11-10(13)12-6-9-5-7(2)14-8(9)3/h5H,4,6H2,1-3H3,(H2,11,12,13). The van der Waals surface area contributed by atoms with Gasteiger partial charge in [-0.25, -0.2) is 4.79 Å². The van der Waals surface area contributed by atoms with E-state index < -0.39 is 0 Å². The molecule has 2 amide bonds. The molecule has 0 atom stereocenters. The van der Waals surface area contributed by atoms with Crippen LogP contribution in [0.5, 0.6) is 0 Å². The molecule has 0 aromatic carbocycles. The first kappa shape index (κ1) is 10.6. The number of hydrogen-bond acceptors (Lipinski definition) is 2. The van der Waals surface area contributed by atoms with Crippen LogP contribution in [0.25, 0.3) is 0 Å². The summed E-state index contributed by atoms with van der Waals surface area (Å²) in [7, 11) is 0. The van der Waals surface area contributed by atoms with Crippen molar-refractivity contribution >= 4 is 6.03 Å². The maximum Gasteiger partial charge on any atom is 0.315 e. The highest BCUT2D eigenvalue weighted by atomic mass is 16.3. The summed E-state index contributed by atoms with van der Waals surface area (Å²) in [4.78, 5) is 11.1. The summed E-state index contributed by atoms with van der Waals surface area (Å²) >= 11 is 0. The van der Waals surface area contributed by atoms with Gasteiger partial charge in [-0.1, -0.05) is 0 Å². The van der Waals surface area contributed by atoms with E-state index in [1.165, 1.54) is 0 Å². The quantitative estimate of drug-likeness (QED) is 0.773. The normalized spacial score (nSPS) is 9.93. The molecular formula is C10H16N2O2. The Bertz CT molecular complexity index is 318. The molecule has 0 spiro atoms. The number of carbonyl (C=O) groups excluding carboxylic acids is 1. The van der Waals surface area contributed by atoms with Gasteiger partial charge >= 0.3 is 6.03 Å². The fraction of sp³-hybridized carbons (Fsp3) is 0.500. The molecule has 0 aliphatic carbocycles. The summed E-state index contributed by atoms with van der Waals surface area (Å²) in [5.41, 5.74) is 1.02. The monoisotopic (exact) mass is 196 g/mol. The van der Waals surface area contributed by atoms with Gasteiger partial charge in [0.1, 0.15) is 11.5 Å². The number of furan rings is 1. The molecule has 14 heavy (non-hydrogen) atoms. The first-order valence-corrected chi connectivity index (χ1v) is 4.71. The molecule has 4 heteroatoms. The summed E-state index contributed by atoms with van der Waals surface area (Å²) in [5.74, 6) is 1.73. The van der Waals surface area contributed by atoms with Crippen molar-refractivity contribution in [2.45, 2.75) is 27.3 Å². The highest BCUT2D eigenvalue weighted by molar-refractivity contribution is 5.73. The van der Waals surface area contributed by atoms with Gasteiger partial charge in [-0.05, 0) is 26.8 Å². The molecule has 2 N–H and O–H groups in total. The number of hydrogen-bond donors (Lipinski definition) is 2. The van der Waals surface area contributed by atoms with Gasteiger partial charge in [0, 0.05) is 18.7 Å². The van der Waals surface area contributed by atoms with Gasteiger partial charge in [-0.2, -0.15) is 0 Å². The lowest BCUT2D eigenvalue weighted by atomic mass is 10.2. The molecule has 1 heterocycles. The van der Waals surface area contributed by atoms with Crippen molar-refractivity contribution < 1.29 is 9.21 Å².